The van der Waals surface area contributed by atoms with Crippen molar-refractivity contribution in [3.63, 3.8) is 0 Å². The predicted molar refractivity (Wildman–Crippen MR) is 97.9 cm³/mol. The first-order valence-corrected chi connectivity index (χ1v) is 8.86. The number of hydrogen-bond acceptors (Lipinski definition) is 7. The summed E-state index contributed by atoms with van der Waals surface area (Å²) >= 11 is 0. The lowest BCUT2D eigenvalue weighted by atomic mass is 10.1. The number of nitrogens with two attached hydrogens (primary N) is 2. The van der Waals surface area contributed by atoms with E-state index in [1.54, 1.807) is 0 Å². The minimum absolute atomic E-state index is 0.291. The number of unbranched alkanes of at least 4 members (excludes halogenated alkanes) is 1. The molecule has 12 heteroatoms. The highest BCUT2D eigenvalue weighted by Gasteiger charge is 2.24. The molecule has 28 heavy (non-hydrogen) atoms. The molecule has 0 bridgehead atoms. The standard InChI is InChI=1S/C16H29N5O7/c1-9(18)14(25)21-10(4-2-3-7-17)15(26)19-8-12(22)20-11(16(27)28)5-6-13(23)24/h9-11H,2-8,17-18H2,1H3,(H,19,26)(H,20,22)(H,21,25)(H,23,24)(H,27,28)/t9-,10-,11-/m0/s1. The van der Waals surface area contributed by atoms with Gasteiger partial charge < -0.3 is 37.6 Å². The normalized spacial score (nSPS) is 13.7. The second-order valence-corrected chi connectivity index (χ2v) is 6.24. The molecule has 0 aromatic rings. The van der Waals surface area contributed by atoms with Gasteiger partial charge in [0.15, 0.2) is 0 Å². The SMILES string of the molecule is C[C@H](N)C(=O)N[C@@H](CCCCN)C(=O)NCC(=O)N[C@@H](CCC(=O)O)C(=O)O. The van der Waals surface area contributed by atoms with Crippen LogP contribution in [0.3, 0.4) is 0 Å². The fraction of sp³-hybridized carbons (Fsp3) is 0.688. The molecule has 0 aromatic heterocycles. The van der Waals surface area contributed by atoms with E-state index in [-0.39, 0.29) is 6.42 Å². The molecule has 3 atom stereocenters. The summed E-state index contributed by atoms with van der Waals surface area (Å²) in [7, 11) is 0. The second-order valence-electron chi connectivity index (χ2n) is 6.24. The van der Waals surface area contributed by atoms with Gasteiger partial charge in [0.05, 0.1) is 12.6 Å². The van der Waals surface area contributed by atoms with Crippen molar-refractivity contribution in [3.8, 4) is 0 Å². The van der Waals surface area contributed by atoms with Crippen LogP contribution in [0.4, 0.5) is 0 Å². The number of carboxylic acid groups (broad SMARTS) is 2. The Kier molecular flexibility index (Phi) is 12.1. The predicted octanol–water partition coefficient (Wildman–Crippen LogP) is -2.50. The third kappa shape index (κ3) is 11.1. The van der Waals surface area contributed by atoms with Crippen molar-refractivity contribution < 1.29 is 34.2 Å². The molecule has 0 rings (SSSR count). The number of nitrogens with one attached hydrogen (secondary N) is 3. The summed E-state index contributed by atoms with van der Waals surface area (Å²) in [5.74, 6) is -4.54. The van der Waals surface area contributed by atoms with Gasteiger partial charge in [-0.15, -0.1) is 0 Å². The van der Waals surface area contributed by atoms with Crippen molar-refractivity contribution >= 4 is 29.7 Å². The van der Waals surface area contributed by atoms with Gasteiger partial charge in [-0.05, 0) is 39.2 Å². The molecule has 9 N–H and O–H groups in total. The largest absolute Gasteiger partial charge is 0.481 e. The Bertz CT molecular complexity index is 568. The molecule has 0 aliphatic rings. The summed E-state index contributed by atoms with van der Waals surface area (Å²) in [5.41, 5.74) is 10.9. The van der Waals surface area contributed by atoms with Crippen molar-refractivity contribution in [1.29, 1.82) is 0 Å². The molecule has 0 unspecified atom stereocenters. The third-order valence-corrected chi connectivity index (χ3v) is 3.70. The molecular weight excluding hydrogens is 374 g/mol. The van der Waals surface area contributed by atoms with Gasteiger partial charge in [0.25, 0.3) is 0 Å². The van der Waals surface area contributed by atoms with E-state index in [9.17, 15) is 24.0 Å². The molecule has 0 aliphatic carbocycles. The number of rotatable bonds is 14. The zero-order valence-corrected chi connectivity index (χ0v) is 15.8. The van der Waals surface area contributed by atoms with Crippen LogP contribution in [0, 0.1) is 0 Å². The quantitative estimate of drug-likeness (QED) is 0.152. The van der Waals surface area contributed by atoms with Crippen molar-refractivity contribution in [1.82, 2.24) is 16.0 Å². The zero-order valence-electron chi connectivity index (χ0n) is 15.8. The summed E-state index contributed by atoms with van der Waals surface area (Å²) in [4.78, 5) is 57.5. The van der Waals surface area contributed by atoms with Crippen molar-refractivity contribution in [2.75, 3.05) is 13.1 Å². The first-order valence-electron chi connectivity index (χ1n) is 8.86. The number of carbonyl (C=O) groups excluding carboxylic acids is 3. The Hall–Kier alpha value is -2.73. The minimum atomic E-state index is -1.39. The van der Waals surface area contributed by atoms with Crippen LogP contribution in [0.1, 0.15) is 39.0 Å². The molecule has 3 amide bonds. The summed E-state index contributed by atoms with van der Waals surface area (Å²) in [6.45, 7) is 1.35. The Labute approximate surface area is 162 Å². The molecule has 0 spiro atoms. The number of hydrogen-bond donors (Lipinski definition) is 7. The number of carboxylic acids is 2. The van der Waals surface area contributed by atoms with Crippen molar-refractivity contribution in [3.05, 3.63) is 0 Å². The molecule has 0 fully saturated rings. The minimum Gasteiger partial charge on any atom is -0.481 e. The molecule has 0 saturated heterocycles. The highest BCUT2D eigenvalue weighted by Crippen LogP contribution is 2.02. The number of carbonyl (C=O) groups is 5. The second kappa shape index (κ2) is 13.4. The van der Waals surface area contributed by atoms with Crippen LogP contribution >= 0.6 is 0 Å². The van der Waals surface area contributed by atoms with E-state index in [1.807, 2.05) is 0 Å². The third-order valence-electron chi connectivity index (χ3n) is 3.70. The van der Waals surface area contributed by atoms with Crippen LogP contribution in [0.5, 0.6) is 0 Å². The number of amides is 3. The van der Waals surface area contributed by atoms with Gasteiger partial charge in [-0.1, -0.05) is 0 Å². The maximum absolute atomic E-state index is 12.3. The monoisotopic (exact) mass is 403 g/mol. The summed E-state index contributed by atoms with van der Waals surface area (Å²) in [6.07, 6.45) is 0.768. The van der Waals surface area contributed by atoms with Gasteiger partial charge in [-0.3, -0.25) is 19.2 Å². The van der Waals surface area contributed by atoms with Gasteiger partial charge >= 0.3 is 11.9 Å². The number of aliphatic carboxylic acids is 2. The molecule has 0 saturated carbocycles. The van der Waals surface area contributed by atoms with E-state index in [4.69, 9.17) is 21.7 Å². The summed E-state index contributed by atoms with van der Waals surface area (Å²) in [5, 5.41) is 24.5. The van der Waals surface area contributed by atoms with Crippen LogP contribution in [-0.4, -0.2) is 71.1 Å². The van der Waals surface area contributed by atoms with Gasteiger partial charge in [-0.25, -0.2) is 4.79 Å². The van der Waals surface area contributed by atoms with E-state index >= 15 is 0 Å². The average molecular weight is 403 g/mol. The zero-order chi connectivity index (χ0) is 21.7. The van der Waals surface area contributed by atoms with Crippen LogP contribution in [0.2, 0.25) is 0 Å². The fourth-order valence-electron chi connectivity index (χ4n) is 2.13. The average Bonchev–Trinajstić information content (AvgIpc) is 2.61. The molecule has 0 radical (unpaired) electrons. The van der Waals surface area contributed by atoms with E-state index in [0.29, 0.717) is 25.8 Å². The Morgan fingerprint density at radius 2 is 1.57 bits per heavy atom. The Morgan fingerprint density at radius 3 is 2.07 bits per heavy atom. The topological polar surface area (TPSA) is 214 Å². The lowest BCUT2D eigenvalue weighted by molar-refractivity contribution is -0.143. The molecular formula is C16H29N5O7. The van der Waals surface area contributed by atoms with Gasteiger partial charge in [0.2, 0.25) is 17.7 Å². The van der Waals surface area contributed by atoms with Crippen LogP contribution in [0.25, 0.3) is 0 Å². The van der Waals surface area contributed by atoms with Crippen molar-refractivity contribution in [2.24, 2.45) is 11.5 Å². The van der Waals surface area contributed by atoms with E-state index in [1.165, 1.54) is 6.92 Å². The molecule has 160 valence electrons. The van der Waals surface area contributed by atoms with Crippen LogP contribution < -0.4 is 27.4 Å². The Balaban J connectivity index is 4.69. The first-order chi connectivity index (χ1) is 13.1. The van der Waals surface area contributed by atoms with Crippen LogP contribution in [0.15, 0.2) is 0 Å². The van der Waals surface area contributed by atoms with E-state index < -0.39 is 60.8 Å². The van der Waals surface area contributed by atoms with E-state index in [2.05, 4.69) is 16.0 Å². The highest BCUT2D eigenvalue weighted by molar-refractivity contribution is 5.92. The highest BCUT2D eigenvalue weighted by atomic mass is 16.4. The van der Waals surface area contributed by atoms with E-state index in [0.717, 1.165) is 0 Å². The Morgan fingerprint density at radius 1 is 0.929 bits per heavy atom. The van der Waals surface area contributed by atoms with Crippen molar-refractivity contribution in [2.45, 2.75) is 57.2 Å². The smallest absolute Gasteiger partial charge is 0.326 e. The molecule has 0 heterocycles. The molecule has 12 nitrogen and oxygen atoms in total. The maximum Gasteiger partial charge on any atom is 0.326 e. The lowest BCUT2D eigenvalue weighted by Crippen LogP contribution is -2.53. The maximum atomic E-state index is 12.3. The molecule has 0 aromatic carbocycles. The summed E-state index contributed by atoms with van der Waals surface area (Å²) in [6, 6.07) is -3.13. The lowest BCUT2D eigenvalue weighted by Gasteiger charge is -2.20. The van der Waals surface area contributed by atoms with Gasteiger partial charge in [0.1, 0.15) is 12.1 Å². The molecule has 0 aliphatic heterocycles. The van der Waals surface area contributed by atoms with Crippen LogP contribution in [-0.2, 0) is 24.0 Å². The first kappa shape index (κ1) is 25.3. The summed E-state index contributed by atoms with van der Waals surface area (Å²) < 4.78 is 0. The van der Waals surface area contributed by atoms with Gasteiger partial charge in [-0.2, -0.15) is 0 Å². The fourth-order valence-corrected chi connectivity index (χ4v) is 2.13. The van der Waals surface area contributed by atoms with Gasteiger partial charge in [0, 0.05) is 6.42 Å².